The van der Waals surface area contributed by atoms with E-state index in [0.29, 0.717) is 0 Å². The second-order valence-corrected chi connectivity index (χ2v) is 3.91. The lowest BCUT2D eigenvalue weighted by atomic mass is 10.2. The highest BCUT2D eigenvalue weighted by Gasteiger charge is 1.93. The van der Waals surface area contributed by atoms with E-state index in [-0.39, 0.29) is 0 Å². The Morgan fingerprint density at radius 1 is 1.41 bits per heavy atom. The summed E-state index contributed by atoms with van der Waals surface area (Å²) in [6.07, 6.45) is 10.5. The zero-order valence-corrected chi connectivity index (χ0v) is 10.9. The minimum atomic E-state index is 0.778. The maximum absolute atomic E-state index is 4.95. The Morgan fingerprint density at radius 3 is 3.00 bits per heavy atom. The smallest absolute Gasteiger partial charge is 0.0587 e. The number of hydrogen-bond acceptors (Lipinski definition) is 3. The molecule has 0 fully saturated rings. The van der Waals surface area contributed by atoms with Gasteiger partial charge in [0.1, 0.15) is 0 Å². The van der Waals surface area contributed by atoms with Crippen molar-refractivity contribution in [1.29, 1.82) is 0 Å². The van der Waals surface area contributed by atoms with Crippen LogP contribution < -0.4 is 5.32 Å². The van der Waals surface area contributed by atoms with Crippen LogP contribution in [0.4, 0.5) is 0 Å². The van der Waals surface area contributed by atoms with Crippen molar-refractivity contribution in [2.75, 3.05) is 26.8 Å². The maximum atomic E-state index is 4.95. The summed E-state index contributed by atoms with van der Waals surface area (Å²) >= 11 is 0. The largest absolute Gasteiger partial charge is 0.383 e. The van der Waals surface area contributed by atoms with Crippen molar-refractivity contribution < 1.29 is 4.74 Å². The van der Waals surface area contributed by atoms with Crippen LogP contribution in [-0.4, -0.2) is 36.6 Å². The highest BCUT2D eigenvalue weighted by atomic mass is 16.5. The molecule has 1 heterocycles. The number of aryl methyl sites for hydroxylation is 1. The van der Waals surface area contributed by atoms with Crippen molar-refractivity contribution in [3.05, 3.63) is 30.1 Å². The second-order valence-electron chi connectivity index (χ2n) is 3.91. The van der Waals surface area contributed by atoms with E-state index >= 15 is 0 Å². The summed E-state index contributed by atoms with van der Waals surface area (Å²) in [6, 6.07) is 0. The quantitative estimate of drug-likeness (QED) is 0.524. The summed E-state index contributed by atoms with van der Waals surface area (Å²) in [5.41, 5.74) is 1.27. The normalized spacial score (nSPS) is 11.4. The molecule has 96 valence electrons. The van der Waals surface area contributed by atoms with Crippen LogP contribution in [0.1, 0.15) is 18.9 Å². The number of ether oxygens (including phenoxy) is 1. The molecule has 1 rings (SSSR count). The molecule has 1 aromatic heterocycles. The molecule has 0 bridgehead atoms. The molecule has 1 N–H and O–H groups in total. The summed E-state index contributed by atoms with van der Waals surface area (Å²) < 4.78 is 6.90. The number of nitrogens with zero attached hydrogens (tertiary/aromatic N) is 2. The van der Waals surface area contributed by atoms with E-state index in [1.807, 2.05) is 10.9 Å². The third-order valence-corrected chi connectivity index (χ3v) is 2.50. The highest BCUT2D eigenvalue weighted by Crippen LogP contribution is 2.00. The molecule has 0 radical (unpaired) electrons. The van der Waals surface area contributed by atoms with Gasteiger partial charge in [-0.2, -0.15) is 5.10 Å². The van der Waals surface area contributed by atoms with Gasteiger partial charge in [-0.15, -0.1) is 0 Å². The zero-order valence-electron chi connectivity index (χ0n) is 10.9. The van der Waals surface area contributed by atoms with Gasteiger partial charge in [0.2, 0.25) is 0 Å². The van der Waals surface area contributed by atoms with E-state index in [9.17, 15) is 0 Å². The summed E-state index contributed by atoms with van der Waals surface area (Å²) in [7, 11) is 1.72. The summed E-state index contributed by atoms with van der Waals surface area (Å²) in [4.78, 5) is 0. The number of methoxy groups -OCH3 is 1. The molecule has 0 aromatic carbocycles. The minimum absolute atomic E-state index is 0.778. The van der Waals surface area contributed by atoms with Gasteiger partial charge in [-0.25, -0.2) is 0 Å². The van der Waals surface area contributed by atoms with Gasteiger partial charge < -0.3 is 10.1 Å². The summed E-state index contributed by atoms with van der Waals surface area (Å²) in [6.45, 7) is 5.74. The van der Waals surface area contributed by atoms with E-state index in [2.05, 4.69) is 35.7 Å². The third-order valence-electron chi connectivity index (χ3n) is 2.50. The van der Waals surface area contributed by atoms with Crippen LogP contribution in [0.25, 0.3) is 0 Å². The predicted molar refractivity (Wildman–Crippen MR) is 70.1 cm³/mol. The van der Waals surface area contributed by atoms with Crippen molar-refractivity contribution in [2.24, 2.45) is 0 Å². The average molecular weight is 237 g/mol. The topological polar surface area (TPSA) is 39.1 Å². The van der Waals surface area contributed by atoms with E-state index in [4.69, 9.17) is 4.74 Å². The SMILES string of the molecule is CCn1cc(CC=CCCNCCOC)cn1. The van der Waals surface area contributed by atoms with Crippen LogP contribution >= 0.6 is 0 Å². The molecular formula is C13H23N3O. The Labute approximate surface area is 104 Å². The monoisotopic (exact) mass is 237 g/mol. The van der Waals surface area contributed by atoms with Crippen molar-refractivity contribution in [2.45, 2.75) is 26.3 Å². The molecule has 0 aliphatic heterocycles. The van der Waals surface area contributed by atoms with Crippen LogP contribution in [0, 0.1) is 0 Å². The van der Waals surface area contributed by atoms with Crippen molar-refractivity contribution in [3.8, 4) is 0 Å². The molecule has 0 aliphatic carbocycles. The van der Waals surface area contributed by atoms with E-state index in [1.165, 1.54) is 5.56 Å². The molecule has 0 unspecified atom stereocenters. The van der Waals surface area contributed by atoms with Gasteiger partial charge in [0.15, 0.2) is 0 Å². The molecule has 4 nitrogen and oxygen atoms in total. The van der Waals surface area contributed by atoms with Crippen molar-refractivity contribution >= 4 is 0 Å². The first-order valence-electron chi connectivity index (χ1n) is 6.22. The molecule has 0 atom stereocenters. The van der Waals surface area contributed by atoms with Gasteiger partial charge in [0.25, 0.3) is 0 Å². The van der Waals surface area contributed by atoms with E-state index in [1.54, 1.807) is 7.11 Å². The number of nitrogens with one attached hydrogen (secondary N) is 1. The average Bonchev–Trinajstić information content (AvgIpc) is 2.80. The standard InChI is InChI=1S/C13H23N3O/c1-3-16-12-13(11-15-16)7-5-4-6-8-14-9-10-17-2/h4-5,11-12,14H,3,6-10H2,1-2H3. The molecule has 0 aliphatic rings. The molecular weight excluding hydrogens is 214 g/mol. The van der Waals surface area contributed by atoms with Gasteiger partial charge in [-0.3, -0.25) is 4.68 Å². The molecule has 17 heavy (non-hydrogen) atoms. The van der Waals surface area contributed by atoms with Gasteiger partial charge >= 0.3 is 0 Å². The highest BCUT2D eigenvalue weighted by molar-refractivity contribution is 5.09. The molecule has 0 spiro atoms. The number of rotatable bonds is 9. The Kier molecular flexibility index (Phi) is 7.34. The van der Waals surface area contributed by atoms with Crippen molar-refractivity contribution in [1.82, 2.24) is 15.1 Å². The molecule has 0 saturated heterocycles. The van der Waals surface area contributed by atoms with Gasteiger partial charge in [0, 0.05) is 26.4 Å². The number of aromatic nitrogens is 2. The van der Waals surface area contributed by atoms with Crippen LogP contribution in [0.3, 0.4) is 0 Å². The zero-order chi connectivity index (χ0) is 12.3. The third kappa shape index (κ3) is 6.24. The Bertz CT molecular complexity index is 320. The molecule has 0 saturated carbocycles. The molecule has 4 heteroatoms. The fourth-order valence-electron chi connectivity index (χ4n) is 1.51. The van der Waals surface area contributed by atoms with Gasteiger partial charge in [0.05, 0.1) is 12.8 Å². The number of hydrogen-bond donors (Lipinski definition) is 1. The first-order chi connectivity index (χ1) is 8.36. The van der Waals surface area contributed by atoms with Crippen molar-refractivity contribution in [3.63, 3.8) is 0 Å². The van der Waals surface area contributed by atoms with Crippen LogP contribution in [0.5, 0.6) is 0 Å². The van der Waals surface area contributed by atoms with Gasteiger partial charge in [-0.05, 0) is 31.9 Å². The van der Waals surface area contributed by atoms with Crippen LogP contribution in [-0.2, 0) is 17.7 Å². The Hall–Kier alpha value is -1.13. The number of allylic oxidation sites excluding steroid dienone is 1. The molecule has 0 amide bonds. The second kappa shape index (κ2) is 8.96. The Balaban J connectivity index is 2.05. The van der Waals surface area contributed by atoms with E-state index in [0.717, 1.165) is 39.1 Å². The lowest BCUT2D eigenvalue weighted by molar-refractivity contribution is 0.199. The predicted octanol–water partition coefficient (Wildman–Crippen LogP) is 1.63. The lowest BCUT2D eigenvalue weighted by Crippen LogP contribution is -2.19. The fraction of sp³-hybridized carbons (Fsp3) is 0.615. The Morgan fingerprint density at radius 2 is 2.29 bits per heavy atom. The first-order valence-corrected chi connectivity index (χ1v) is 6.22. The van der Waals surface area contributed by atoms with Crippen LogP contribution in [0.15, 0.2) is 24.5 Å². The van der Waals surface area contributed by atoms with Gasteiger partial charge in [-0.1, -0.05) is 12.2 Å². The lowest BCUT2D eigenvalue weighted by Gasteiger charge is -2.00. The van der Waals surface area contributed by atoms with E-state index < -0.39 is 0 Å². The minimum Gasteiger partial charge on any atom is -0.383 e. The summed E-state index contributed by atoms with van der Waals surface area (Å²) in [5, 5.41) is 7.55. The first kappa shape index (κ1) is 13.9. The maximum Gasteiger partial charge on any atom is 0.0587 e. The summed E-state index contributed by atoms with van der Waals surface area (Å²) in [5.74, 6) is 0. The van der Waals surface area contributed by atoms with Crippen LogP contribution in [0.2, 0.25) is 0 Å². The fourth-order valence-corrected chi connectivity index (χ4v) is 1.51. The molecule has 1 aromatic rings.